The molecule has 4 aliphatic carbocycles. The maximum absolute atomic E-state index is 13.1. The van der Waals surface area contributed by atoms with Gasteiger partial charge >= 0.3 is 5.69 Å². The van der Waals surface area contributed by atoms with Gasteiger partial charge in [0.05, 0.1) is 0 Å². The van der Waals surface area contributed by atoms with Gasteiger partial charge in [-0.25, -0.2) is 14.2 Å². The average Bonchev–Trinajstić information content (AvgIpc) is 3.05. The van der Waals surface area contributed by atoms with Crippen LogP contribution in [0.3, 0.4) is 0 Å². The third kappa shape index (κ3) is 1.98. The second-order valence-corrected chi connectivity index (χ2v) is 7.99. The van der Waals surface area contributed by atoms with E-state index in [1.807, 2.05) is 0 Å². The van der Waals surface area contributed by atoms with Crippen LogP contribution < -0.4 is 11.0 Å². The van der Waals surface area contributed by atoms with Crippen molar-refractivity contribution in [2.75, 3.05) is 0 Å². The number of amides is 1. The van der Waals surface area contributed by atoms with Crippen LogP contribution in [0, 0.1) is 17.8 Å². The maximum Gasteiger partial charge on any atom is 0.352 e. The molecule has 8 heteroatoms. The van der Waals surface area contributed by atoms with Gasteiger partial charge in [0.2, 0.25) is 0 Å². The topological polar surface area (TPSA) is 94.2 Å². The Balaban J connectivity index is 1.51. The Morgan fingerprint density at radius 1 is 1.35 bits per heavy atom. The summed E-state index contributed by atoms with van der Waals surface area (Å²) in [6, 6.07) is 0. The largest absolute Gasteiger partial charge is 0.352 e. The van der Waals surface area contributed by atoms with E-state index in [0.717, 1.165) is 36.8 Å². The Morgan fingerprint density at radius 2 is 2.08 bits per heavy atom. The number of carbonyl (C=O) groups excluding carboxylic acids is 1. The Morgan fingerprint density at radius 3 is 2.73 bits per heavy atom. The van der Waals surface area contributed by atoms with Crippen LogP contribution >= 0.6 is 0 Å². The molecular formula is C18H22N6O2. The van der Waals surface area contributed by atoms with Crippen molar-refractivity contribution < 1.29 is 4.79 Å². The number of allylic oxidation sites excluding steroid dienone is 2. The molecule has 6 rings (SSSR count). The predicted octanol–water partition coefficient (Wildman–Crippen LogP) is 1.08. The zero-order valence-electron chi connectivity index (χ0n) is 15.0. The van der Waals surface area contributed by atoms with E-state index in [2.05, 4.69) is 33.6 Å². The second kappa shape index (κ2) is 5.25. The van der Waals surface area contributed by atoms with Gasteiger partial charge in [0.15, 0.2) is 11.3 Å². The molecule has 1 amide bonds. The van der Waals surface area contributed by atoms with Gasteiger partial charge in [-0.2, -0.15) is 4.68 Å². The summed E-state index contributed by atoms with van der Waals surface area (Å²) in [6.07, 6.45) is 9.20. The fourth-order valence-electron chi connectivity index (χ4n) is 5.62. The number of aryl methyl sites for hydroxylation is 1. The number of aromatic nitrogens is 5. The van der Waals surface area contributed by atoms with E-state index in [-0.39, 0.29) is 28.5 Å². The van der Waals surface area contributed by atoms with Crippen molar-refractivity contribution >= 4 is 11.6 Å². The Labute approximate surface area is 150 Å². The summed E-state index contributed by atoms with van der Waals surface area (Å²) in [5.74, 6) is 1.41. The molecule has 0 saturated heterocycles. The van der Waals surface area contributed by atoms with Crippen molar-refractivity contribution in [1.82, 2.24) is 29.7 Å². The van der Waals surface area contributed by atoms with Crippen LogP contribution in [-0.2, 0) is 7.05 Å². The first-order valence-corrected chi connectivity index (χ1v) is 9.31. The molecule has 0 aliphatic heterocycles. The number of carbonyl (C=O) groups is 1. The average molecular weight is 354 g/mol. The summed E-state index contributed by atoms with van der Waals surface area (Å²) in [4.78, 5) is 29.4. The lowest BCUT2D eigenvalue weighted by atomic mass is 9.51. The highest BCUT2D eigenvalue weighted by molar-refractivity contribution is 5.98. The minimum atomic E-state index is -0.367. The normalized spacial score (nSPS) is 32.1. The van der Waals surface area contributed by atoms with Gasteiger partial charge in [0, 0.05) is 12.6 Å². The molecule has 2 fully saturated rings. The van der Waals surface area contributed by atoms with Crippen LogP contribution in [0.15, 0.2) is 22.8 Å². The van der Waals surface area contributed by atoms with Gasteiger partial charge in [-0.3, -0.25) is 4.79 Å². The van der Waals surface area contributed by atoms with E-state index in [0.29, 0.717) is 17.8 Å². The highest BCUT2D eigenvalue weighted by atomic mass is 16.2. The van der Waals surface area contributed by atoms with E-state index in [1.54, 1.807) is 5.57 Å². The molecule has 26 heavy (non-hydrogen) atoms. The summed E-state index contributed by atoms with van der Waals surface area (Å²) < 4.78 is 2.39. The molecule has 0 radical (unpaired) electrons. The molecule has 2 aromatic rings. The van der Waals surface area contributed by atoms with Crippen molar-refractivity contribution in [3.05, 3.63) is 34.2 Å². The van der Waals surface area contributed by atoms with Crippen LogP contribution in [0.1, 0.15) is 49.5 Å². The van der Waals surface area contributed by atoms with Crippen molar-refractivity contribution in [3.8, 4) is 0 Å². The Kier molecular flexibility index (Phi) is 3.17. The maximum atomic E-state index is 13.1. The SMILES string of the molecule is CCC1(NC(=O)c2ncn3c(=O)n(C)nnc23)C2CC3=CC(C2)C[C@H]1C3. The molecule has 8 nitrogen and oxygen atoms in total. The van der Waals surface area contributed by atoms with E-state index >= 15 is 0 Å². The molecule has 136 valence electrons. The van der Waals surface area contributed by atoms with E-state index in [1.165, 1.54) is 17.8 Å². The third-order valence-corrected chi connectivity index (χ3v) is 6.77. The standard InChI is InChI=1S/C18H22N6O2/c1-3-18(12-5-10-4-11(7-12)8-13(18)6-10)20-16(25)14-15-21-22-23(2)17(26)24(15)9-19-14/h4,9-10,12-13H,3,5-8H2,1-2H3,(H,20,25)/t10?,12-,13?,18?/m0/s1. The lowest BCUT2D eigenvalue weighted by Crippen LogP contribution is -2.64. The van der Waals surface area contributed by atoms with Gasteiger partial charge in [-0.15, -0.1) is 5.10 Å². The summed E-state index contributed by atoms with van der Waals surface area (Å²) >= 11 is 0. The van der Waals surface area contributed by atoms with E-state index < -0.39 is 0 Å². The Hall–Kier alpha value is -2.51. The van der Waals surface area contributed by atoms with Crippen molar-refractivity contribution in [2.45, 2.75) is 44.6 Å². The lowest BCUT2D eigenvalue weighted by molar-refractivity contribution is 0.0138. The van der Waals surface area contributed by atoms with Crippen LogP contribution in [0.25, 0.3) is 5.65 Å². The molecular weight excluding hydrogens is 332 g/mol. The summed E-state index contributed by atoms with van der Waals surface area (Å²) in [5, 5.41) is 11.1. The second-order valence-electron chi connectivity index (χ2n) is 7.99. The van der Waals surface area contributed by atoms with Gasteiger partial charge < -0.3 is 5.32 Å². The van der Waals surface area contributed by atoms with Gasteiger partial charge in [-0.1, -0.05) is 23.8 Å². The van der Waals surface area contributed by atoms with Crippen molar-refractivity contribution in [1.29, 1.82) is 0 Å². The number of hydrogen-bond donors (Lipinski definition) is 1. The molecule has 2 saturated carbocycles. The number of rotatable bonds is 3. The van der Waals surface area contributed by atoms with Crippen LogP contribution in [0.5, 0.6) is 0 Å². The first kappa shape index (κ1) is 15.7. The summed E-state index contributed by atoms with van der Waals surface area (Å²) in [7, 11) is 1.52. The number of hydrogen-bond acceptors (Lipinski definition) is 5. The monoisotopic (exact) mass is 354 g/mol. The first-order chi connectivity index (χ1) is 12.5. The molecule has 4 bridgehead atoms. The minimum Gasteiger partial charge on any atom is -0.345 e. The van der Waals surface area contributed by atoms with E-state index in [4.69, 9.17) is 0 Å². The van der Waals surface area contributed by atoms with Gasteiger partial charge in [-0.05, 0) is 49.9 Å². The minimum absolute atomic E-state index is 0.177. The molecule has 1 N–H and O–H groups in total. The zero-order chi connectivity index (χ0) is 18.1. The van der Waals surface area contributed by atoms with Crippen LogP contribution in [-0.4, -0.2) is 35.8 Å². The smallest absolute Gasteiger partial charge is 0.345 e. The van der Waals surface area contributed by atoms with E-state index in [9.17, 15) is 9.59 Å². The fourth-order valence-corrected chi connectivity index (χ4v) is 5.62. The molecule has 0 spiro atoms. The van der Waals surface area contributed by atoms with Crippen molar-refractivity contribution in [2.24, 2.45) is 24.8 Å². The summed E-state index contributed by atoms with van der Waals surface area (Å²) in [5.41, 5.74) is 1.41. The van der Waals surface area contributed by atoms with Gasteiger partial charge in [0.25, 0.3) is 5.91 Å². The van der Waals surface area contributed by atoms with Crippen molar-refractivity contribution in [3.63, 3.8) is 0 Å². The molecule has 0 aromatic carbocycles. The summed E-state index contributed by atoms with van der Waals surface area (Å²) in [6.45, 7) is 2.16. The molecule has 4 atom stereocenters. The van der Waals surface area contributed by atoms with Crippen LogP contribution in [0.2, 0.25) is 0 Å². The number of fused-ring (bicyclic) bond motifs is 1. The quantitative estimate of drug-likeness (QED) is 0.833. The first-order valence-electron chi connectivity index (χ1n) is 9.31. The third-order valence-electron chi connectivity index (χ3n) is 6.77. The number of nitrogens with zero attached hydrogens (tertiary/aromatic N) is 5. The van der Waals surface area contributed by atoms with Crippen LogP contribution in [0.4, 0.5) is 0 Å². The lowest BCUT2D eigenvalue weighted by Gasteiger charge is -2.58. The predicted molar refractivity (Wildman–Crippen MR) is 93.5 cm³/mol. The molecule has 4 aliphatic rings. The number of imidazole rings is 1. The fraction of sp³-hybridized carbons (Fsp3) is 0.611. The zero-order valence-corrected chi connectivity index (χ0v) is 15.0. The highest BCUT2D eigenvalue weighted by Crippen LogP contribution is 2.56. The molecule has 3 unspecified atom stereocenters. The number of nitrogens with one attached hydrogen (secondary N) is 1. The molecule has 2 aromatic heterocycles. The van der Waals surface area contributed by atoms with Gasteiger partial charge in [0.1, 0.15) is 6.33 Å². The Bertz CT molecular complexity index is 985. The molecule has 2 heterocycles. The highest BCUT2D eigenvalue weighted by Gasteiger charge is 2.54.